The topological polar surface area (TPSA) is 30.5 Å². The molecule has 0 amide bonds. The molecule has 0 aromatic heterocycles. The molecule has 18 heavy (non-hydrogen) atoms. The molecule has 1 N–H and O–H groups in total. The van der Waals surface area contributed by atoms with Gasteiger partial charge in [0.05, 0.1) is 6.61 Å². The zero-order chi connectivity index (χ0) is 12.8. The number of aryl methyl sites for hydroxylation is 1. The maximum atomic E-state index is 5.87. The number of methoxy groups -OCH3 is 1. The zero-order valence-corrected chi connectivity index (χ0v) is 11.4. The Morgan fingerprint density at radius 3 is 3.17 bits per heavy atom. The Morgan fingerprint density at radius 1 is 1.44 bits per heavy atom. The average molecular weight is 249 g/mol. The first-order chi connectivity index (χ1) is 8.83. The summed E-state index contributed by atoms with van der Waals surface area (Å²) in [4.78, 5) is 0. The number of fused-ring (bicyclic) bond motifs is 1. The van der Waals surface area contributed by atoms with Crippen LogP contribution in [0.2, 0.25) is 0 Å². The van der Waals surface area contributed by atoms with E-state index in [0.29, 0.717) is 6.04 Å². The lowest BCUT2D eigenvalue weighted by atomic mass is 10.00. The monoisotopic (exact) mass is 249 g/mol. The van der Waals surface area contributed by atoms with Crippen molar-refractivity contribution in [2.45, 2.75) is 32.2 Å². The molecule has 3 heteroatoms. The summed E-state index contributed by atoms with van der Waals surface area (Å²) < 4.78 is 11.0. The van der Waals surface area contributed by atoms with Crippen molar-refractivity contribution >= 4 is 0 Å². The first kappa shape index (κ1) is 13.4. The van der Waals surface area contributed by atoms with E-state index in [9.17, 15) is 0 Å². The molecule has 0 aliphatic carbocycles. The molecule has 1 unspecified atom stereocenters. The summed E-state index contributed by atoms with van der Waals surface area (Å²) in [5.41, 5.74) is 2.54. The van der Waals surface area contributed by atoms with Crippen LogP contribution in [0.3, 0.4) is 0 Å². The lowest BCUT2D eigenvalue weighted by Gasteiger charge is -2.19. The highest BCUT2D eigenvalue weighted by molar-refractivity contribution is 5.43. The molecule has 0 spiro atoms. The predicted molar refractivity (Wildman–Crippen MR) is 73.1 cm³/mol. The van der Waals surface area contributed by atoms with Gasteiger partial charge in [-0.15, -0.1) is 0 Å². The van der Waals surface area contributed by atoms with Crippen molar-refractivity contribution in [3.05, 3.63) is 29.3 Å². The maximum Gasteiger partial charge on any atom is 0.126 e. The molecule has 1 aromatic rings. The van der Waals surface area contributed by atoms with Gasteiger partial charge >= 0.3 is 0 Å². The summed E-state index contributed by atoms with van der Waals surface area (Å²) in [5.74, 6) is 1.08. The molecule has 0 saturated carbocycles. The van der Waals surface area contributed by atoms with Crippen LogP contribution in [0.4, 0.5) is 0 Å². The van der Waals surface area contributed by atoms with E-state index in [1.165, 1.54) is 11.1 Å². The van der Waals surface area contributed by atoms with Crippen molar-refractivity contribution < 1.29 is 9.47 Å². The van der Waals surface area contributed by atoms with E-state index >= 15 is 0 Å². The summed E-state index contributed by atoms with van der Waals surface area (Å²) in [6.45, 7) is 4.75. The molecule has 1 aliphatic heterocycles. The van der Waals surface area contributed by atoms with E-state index in [-0.39, 0.29) is 0 Å². The van der Waals surface area contributed by atoms with Crippen molar-refractivity contribution in [2.75, 3.05) is 26.9 Å². The molecule has 0 fully saturated rings. The molecular formula is C15H23NO2. The second kappa shape index (κ2) is 6.76. The summed E-state index contributed by atoms with van der Waals surface area (Å²) in [5, 5.41) is 3.62. The van der Waals surface area contributed by atoms with Crippen LogP contribution < -0.4 is 10.1 Å². The minimum Gasteiger partial charge on any atom is -0.493 e. The molecule has 3 nitrogen and oxygen atoms in total. The van der Waals surface area contributed by atoms with Gasteiger partial charge in [0.25, 0.3) is 0 Å². The van der Waals surface area contributed by atoms with Crippen LogP contribution >= 0.6 is 0 Å². The Hall–Kier alpha value is -1.06. The van der Waals surface area contributed by atoms with Gasteiger partial charge in [-0.3, -0.25) is 0 Å². The van der Waals surface area contributed by atoms with Crippen LogP contribution in [0.15, 0.2) is 18.2 Å². The predicted octanol–water partition coefficient (Wildman–Crippen LogP) is 2.83. The highest BCUT2D eigenvalue weighted by Crippen LogP contribution is 2.33. The van der Waals surface area contributed by atoms with Gasteiger partial charge in [0.1, 0.15) is 5.75 Å². The van der Waals surface area contributed by atoms with E-state index < -0.39 is 0 Å². The fourth-order valence-corrected chi connectivity index (χ4v) is 2.47. The summed E-state index contributed by atoms with van der Waals surface area (Å²) in [7, 11) is 1.75. The Morgan fingerprint density at radius 2 is 2.33 bits per heavy atom. The van der Waals surface area contributed by atoms with Crippen molar-refractivity contribution in [3.63, 3.8) is 0 Å². The van der Waals surface area contributed by atoms with Crippen molar-refractivity contribution in [1.29, 1.82) is 0 Å². The van der Waals surface area contributed by atoms with E-state index in [1.54, 1.807) is 7.11 Å². The van der Waals surface area contributed by atoms with Gasteiger partial charge in [0, 0.05) is 25.3 Å². The molecule has 2 rings (SSSR count). The zero-order valence-electron chi connectivity index (χ0n) is 11.4. The van der Waals surface area contributed by atoms with Crippen LogP contribution in [0, 0.1) is 6.92 Å². The fraction of sp³-hybridized carbons (Fsp3) is 0.600. The first-order valence-corrected chi connectivity index (χ1v) is 6.77. The van der Waals surface area contributed by atoms with Crippen molar-refractivity contribution in [2.24, 2.45) is 0 Å². The number of hydrogen-bond donors (Lipinski definition) is 1. The Kier molecular flexibility index (Phi) is 5.02. The van der Waals surface area contributed by atoms with Crippen LogP contribution in [0.5, 0.6) is 5.75 Å². The lowest BCUT2D eigenvalue weighted by molar-refractivity contribution is 0.193. The second-order valence-electron chi connectivity index (χ2n) is 4.84. The number of benzene rings is 1. The molecular weight excluding hydrogens is 226 g/mol. The molecule has 1 aliphatic rings. The molecule has 1 aromatic carbocycles. The third kappa shape index (κ3) is 3.24. The number of nitrogens with one attached hydrogen (secondary N) is 1. The van der Waals surface area contributed by atoms with E-state index in [0.717, 1.165) is 44.8 Å². The normalized spacial score (nSPS) is 18.9. The smallest absolute Gasteiger partial charge is 0.126 e. The number of ether oxygens (including phenoxy) is 2. The minimum absolute atomic E-state index is 0.416. The fourth-order valence-electron chi connectivity index (χ4n) is 2.47. The van der Waals surface area contributed by atoms with Gasteiger partial charge in [0.15, 0.2) is 0 Å². The van der Waals surface area contributed by atoms with Crippen molar-refractivity contribution in [1.82, 2.24) is 5.32 Å². The Balaban J connectivity index is 2.05. The van der Waals surface area contributed by atoms with Gasteiger partial charge in [0.2, 0.25) is 0 Å². The lowest BCUT2D eigenvalue weighted by Crippen LogP contribution is -2.23. The van der Waals surface area contributed by atoms with E-state index in [2.05, 4.69) is 30.4 Å². The van der Waals surface area contributed by atoms with Crippen LogP contribution in [-0.2, 0) is 4.74 Å². The molecule has 0 saturated heterocycles. The summed E-state index contributed by atoms with van der Waals surface area (Å²) in [6.07, 6.45) is 3.30. The van der Waals surface area contributed by atoms with E-state index in [1.807, 2.05) is 0 Å². The highest BCUT2D eigenvalue weighted by atomic mass is 16.5. The van der Waals surface area contributed by atoms with Gasteiger partial charge in [-0.1, -0.05) is 18.2 Å². The molecule has 1 atom stereocenters. The minimum atomic E-state index is 0.416. The van der Waals surface area contributed by atoms with Crippen LogP contribution in [0.25, 0.3) is 0 Å². The third-order valence-electron chi connectivity index (χ3n) is 3.42. The molecule has 0 bridgehead atoms. The highest BCUT2D eigenvalue weighted by Gasteiger charge is 2.20. The molecule has 0 radical (unpaired) electrons. The van der Waals surface area contributed by atoms with Gasteiger partial charge in [-0.05, 0) is 38.3 Å². The molecule has 100 valence electrons. The SMILES string of the molecule is COCCCNC1CCCOc2c(C)cccc21. The second-order valence-corrected chi connectivity index (χ2v) is 4.84. The van der Waals surface area contributed by atoms with Gasteiger partial charge in [-0.25, -0.2) is 0 Å². The van der Waals surface area contributed by atoms with Gasteiger partial charge in [-0.2, -0.15) is 0 Å². The quantitative estimate of drug-likeness (QED) is 0.814. The Bertz CT molecular complexity index is 379. The van der Waals surface area contributed by atoms with Crippen molar-refractivity contribution in [3.8, 4) is 5.75 Å². The van der Waals surface area contributed by atoms with Gasteiger partial charge < -0.3 is 14.8 Å². The van der Waals surface area contributed by atoms with Crippen LogP contribution in [-0.4, -0.2) is 26.9 Å². The van der Waals surface area contributed by atoms with E-state index in [4.69, 9.17) is 9.47 Å². The maximum absolute atomic E-state index is 5.87. The Labute approximate surface area is 109 Å². The molecule has 1 heterocycles. The summed E-state index contributed by atoms with van der Waals surface area (Å²) >= 11 is 0. The first-order valence-electron chi connectivity index (χ1n) is 6.77. The van der Waals surface area contributed by atoms with Crippen LogP contribution in [0.1, 0.15) is 36.4 Å². The number of rotatable bonds is 5. The summed E-state index contributed by atoms with van der Waals surface area (Å²) in [6, 6.07) is 6.83. The number of para-hydroxylation sites is 1. The average Bonchev–Trinajstić information content (AvgIpc) is 2.58. The standard InChI is InChI=1S/C15H23NO2/c1-12-6-3-7-13-14(16-9-5-10-17-2)8-4-11-18-15(12)13/h3,6-7,14,16H,4-5,8-11H2,1-2H3. The number of hydrogen-bond acceptors (Lipinski definition) is 3. The largest absolute Gasteiger partial charge is 0.493 e. The third-order valence-corrected chi connectivity index (χ3v) is 3.42.